The number of alkyl carbamates (subject to hydrolysis) is 3. The van der Waals surface area contributed by atoms with Crippen LogP contribution in [0.1, 0.15) is 38.8 Å². The number of benzene rings is 3. The lowest BCUT2D eigenvalue weighted by Crippen LogP contribution is -2.47. The first-order valence-electron chi connectivity index (χ1n) is 14.5. The van der Waals surface area contributed by atoms with Gasteiger partial charge < -0.3 is 29.6 Å². The molecular weight excluding hydrogens is 610 g/mol. The van der Waals surface area contributed by atoms with Gasteiger partial charge in [-0.15, -0.1) is 0 Å². The van der Waals surface area contributed by atoms with Gasteiger partial charge >= 0.3 is 24.2 Å². The Labute approximate surface area is 271 Å². The molecule has 14 nitrogen and oxygen atoms in total. The van der Waals surface area contributed by atoms with E-state index >= 15 is 0 Å². The molecular formula is C33H37N5O9. The van der Waals surface area contributed by atoms with Crippen molar-refractivity contribution in [2.24, 2.45) is 4.99 Å². The van der Waals surface area contributed by atoms with Crippen LogP contribution in [0.25, 0.3) is 0 Å². The molecule has 0 aliphatic carbocycles. The van der Waals surface area contributed by atoms with Crippen LogP contribution in [0.4, 0.5) is 20.1 Å². The molecule has 0 unspecified atom stereocenters. The second-order valence-corrected chi connectivity index (χ2v) is 10.9. The third-order valence-corrected chi connectivity index (χ3v) is 5.71. The second kappa shape index (κ2) is 17.5. The number of aliphatic imine (C=N–C) groups is 1. The SMILES string of the molecule is C[C@H](NC(=O)OC(C)(C)C)C(=O)NCC(=O)Oc1ccc(N=C(NC(=O)OCc2ccccc2)NC(=O)OCc2ccccc2)cc1. The van der Waals surface area contributed by atoms with E-state index in [0.29, 0.717) is 0 Å². The molecule has 0 fully saturated rings. The summed E-state index contributed by atoms with van der Waals surface area (Å²) < 4.78 is 20.8. The molecule has 0 aliphatic rings. The molecule has 0 spiro atoms. The lowest BCUT2D eigenvalue weighted by molar-refractivity contribution is -0.135. The summed E-state index contributed by atoms with van der Waals surface area (Å²) in [7, 11) is 0. The molecule has 0 saturated carbocycles. The van der Waals surface area contributed by atoms with Crippen molar-refractivity contribution in [2.45, 2.75) is 52.6 Å². The van der Waals surface area contributed by atoms with Crippen molar-refractivity contribution in [3.05, 3.63) is 96.1 Å². The first-order chi connectivity index (χ1) is 22.4. The van der Waals surface area contributed by atoms with E-state index in [2.05, 4.69) is 26.3 Å². The predicted molar refractivity (Wildman–Crippen MR) is 171 cm³/mol. The highest BCUT2D eigenvalue weighted by Gasteiger charge is 2.21. The number of nitrogens with zero attached hydrogens (tertiary/aromatic N) is 1. The molecule has 248 valence electrons. The van der Waals surface area contributed by atoms with Gasteiger partial charge in [0, 0.05) is 0 Å². The summed E-state index contributed by atoms with van der Waals surface area (Å²) in [5.74, 6) is -1.53. The molecule has 14 heteroatoms. The number of carbonyl (C=O) groups excluding carboxylic acids is 5. The van der Waals surface area contributed by atoms with Gasteiger partial charge in [0.05, 0.1) is 5.69 Å². The summed E-state index contributed by atoms with van der Waals surface area (Å²) >= 11 is 0. The minimum Gasteiger partial charge on any atom is -0.444 e. The number of carbonyl (C=O) groups is 5. The number of amides is 4. The van der Waals surface area contributed by atoms with Gasteiger partial charge in [-0.3, -0.25) is 15.4 Å². The molecule has 4 N–H and O–H groups in total. The Morgan fingerprint density at radius 1 is 0.723 bits per heavy atom. The van der Waals surface area contributed by atoms with Crippen molar-refractivity contribution >= 4 is 41.8 Å². The topological polar surface area (TPSA) is 183 Å². The largest absolute Gasteiger partial charge is 0.444 e. The van der Waals surface area contributed by atoms with Crippen molar-refractivity contribution in [3.8, 4) is 5.75 Å². The highest BCUT2D eigenvalue weighted by Crippen LogP contribution is 2.18. The van der Waals surface area contributed by atoms with Crippen LogP contribution in [0.3, 0.4) is 0 Å². The maximum Gasteiger partial charge on any atom is 0.414 e. The van der Waals surface area contributed by atoms with E-state index in [4.69, 9.17) is 18.9 Å². The Kier molecular flexibility index (Phi) is 13.3. The minimum atomic E-state index is -0.961. The minimum absolute atomic E-state index is 0.0158. The standard InChI is InChI=1S/C33H37N5O9/c1-22(35-32(43)47-33(2,3)4)28(40)34-19-27(39)46-26-17-15-25(16-18-26)36-29(37-30(41)44-20-23-11-7-5-8-12-23)38-31(42)45-21-24-13-9-6-10-14-24/h5-18,22H,19-21H2,1-4H3,(H,34,40)(H,35,43)(H2,36,37,38,41,42)/t22-/m0/s1. The molecule has 3 rings (SSSR count). The lowest BCUT2D eigenvalue weighted by Gasteiger charge is -2.21. The lowest BCUT2D eigenvalue weighted by atomic mass is 10.2. The molecule has 4 amide bonds. The maximum absolute atomic E-state index is 12.5. The van der Waals surface area contributed by atoms with Crippen molar-refractivity contribution in [1.82, 2.24) is 21.3 Å². The van der Waals surface area contributed by atoms with E-state index in [-0.39, 0.29) is 30.6 Å². The fourth-order valence-electron chi connectivity index (χ4n) is 3.55. The zero-order valence-electron chi connectivity index (χ0n) is 26.4. The summed E-state index contributed by atoms with van der Waals surface area (Å²) in [6.07, 6.45) is -2.52. The summed E-state index contributed by atoms with van der Waals surface area (Å²) in [4.78, 5) is 65.6. The van der Waals surface area contributed by atoms with E-state index in [1.54, 1.807) is 69.3 Å². The Morgan fingerprint density at radius 2 is 1.23 bits per heavy atom. The quantitative estimate of drug-likeness (QED) is 0.0811. The number of nitrogens with one attached hydrogen (secondary N) is 4. The average Bonchev–Trinajstić information content (AvgIpc) is 3.02. The van der Waals surface area contributed by atoms with Crippen LogP contribution in [-0.4, -0.2) is 54.3 Å². The van der Waals surface area contributed by atoms with Crippen LogP contribution in [0.5, 0.6) is 5.75 Å². The Bertz CT molecular complexity index is 1480. The van der Waals surface area contributed by atoms with Crippen LogP contribution in [-0.2, 0) is 37.0 Å². The fraction of sp³-hybridized carbons (Fsp3) is 0.273. The second-order valence-electron chi connectivity index (χ2n) is 10.9. The first-order valence-corrected chi connectivity index (χ1v) is 14.5. The Balaban J connectivity index is 1.57. The van der Waals surface area contributed by atoms with E-state index in [9.17, 15) is 24.0 Å². The van der Waals surface area contributed by atoms with E-state index in [0.717, 1.165) is 11.1 Å². The number of guanidine groups is 1. The normalized spacial score (nSPS) is 11.1. The number of rotatable bonds is 10. The molecule has 0 aromatic heterocycles. The smallest absolute Gasteiger partial charge is 0.414 e. The van der Waals surface area contributed by atoms with Gasteiger partial charge in [-0.25, -0.2) is 24.2 Å². The molecule has 0 heterocycles. The zero-order chi connectivity index (χ0) is 34.2. The average molecular weight is 648 g/mol. The van der Waals surface area contributed by atoms with Crippen molar-refractivity contribution < 1.29 is 42.9 Å². The van der Waals surface area contributed by atoms with Crippen LogP contribution < -0.4 is 26.0 Å². The molecule has 47 heavy (non-hydrogen) atoms. The van der Waals surface area contributed by atoms with E-state index in [1.807, 2.05) is 12.1 Å². The molecule has 0 bridgehead atoms. The van der Waals surface area contributed by atoms with Gasteiger partial charge in [-0.1, -0.05) is 60.7 Å². The Morgan fingerprint density at radius 3 is 1.72 bits per heavy atom. The van der Waals surface area contributed by atoms with Gasteiger partial charge in [0.25, 0.3) is 0 Å². The third kappa shape index (κ3) is 14.2. The molecule has 0 saturated heterocycles. The number of esters is 1. The van der Waals surface area contributed by atoms with Gasteiger partial charge in [0.1, 0.15) is 37.2 Å². The Hall–Kier alpha value is -5.92. The highest BCUT2D eigenvalue weighted by molar-refractivity contribution is 6.02. The van der Waals surface area contributed by atoms with Gasteiger partial charge in [0.15, 0.2) is 0 Å². The molecule has 1 atom stereocenters. The van der Waals surface area contributed by atoms with Crippen LogP contribution >= 0.6 is 0 Å². The number of ether oxygens (including phenoxy) is 4. The molecule has 0 radical (unpaired) electrons. The van der Waals surface area contributed by atoms with Gasteiger partial charge in [0.2, 0.25) is 11.9 Å². The highest BCUT2D eigenvalue weighted by atomic mass is 16.6. The van der Waals surface area contributed by atoms with Gasteiger partial charge in [-0.05, 0) is 63.1 Å². The molecule has 3 aromatic rings. The summed E-state index contributed by atoms with van der Waals surface area (Å²) in [6.45, 7) is 6.01. The molecule has 3 aromatic carbocycles. The number of hydrogen-bond donors (Lipinski definition) is 4. The van der Waals surface area contributed by atoms with Crippen molar-refractivity contribution in [3.63, 3.8) is 0 Å². The van der Waals surface area contributed by atoms with E-state index in [1.165, 1.54) is 31.2 Å². The van der Waals surface area contributed by atoms with Crippen molar-refractivity contribution in [1.29, 1.82) is 0 Å². The molecule has 0 aliphatic heterocycles. The van der Waals surface area contributed by atoms with Crippen LogP contribution in [0, 0.1) is 0 Å². The third-order valence-electron chi connectivity index (χ3n) is 5.71. The number of hydrogen-bond acceptors (Lipinski definition) is 10. The maximum atomic E-state index is 12.5. The predicted octanol–water partition coefficient (Wildman–Crippen LogP) is 4.46. The summed E-state index contributed by atoms with van der Waals surface area (Å²) in [5.41, 5.74) is 1.05. The first kappa shape index (κ1) is 35.6. The monoisotopic (exact) mass is 647 g/mol. The summed E-state index contributed by atoms with van der Waals surface area (Å²) in [6, 6.07) is 22.8. The fourth-order valence-corrected chi connectivity index (χ4v) is 3.55. The van der Waals surface area contributed by atoms with Crippen LogP contribution in [0.2, 0.25) is 0 Å². The van der Waals surface area contributed by atoms with E-state index < -0.39 is 48.3 Å². The van der Waals surface area contributed by atoms with Crippen molar-refractivity contribution in [2.75, 3.05) is 6.54 Å². The summed E-state index contributed by atoms with van der Waals surface area (Å²) in [5, 5.41) is 9.53. The van der Waals surface area contributed by atoms with Gasteiger partial charge in [-0.2, -0.15) is 0 Å². The zero-order valence-corrected chi connectivity index (χ0v) is 26.4. The van der Waals surface area contributed by atoms with Crippen LogP contribution in [0.15, 0.2) is 89.9 Å².